The van der Waals surface area contributed by atoms with Crippen molar-refractivity contribution < 1.29 is 18.3 Å². The molecule has 18 heavy (non-hydrogen) atoms. The van der Waals surface area contributed by atoms with Crippen LogP contribution in [0.1, 0.15) is 0 Å². The topological polar surface area (TPSA) is 29.5 Å². The Balaban J connectivity index is 1.84. The lowest BCUT2D eigenvalue weighted by molar-refractivity contribution is -0.125. The van der Waals surface area contributed by atoms with Gasteiger partial charge in [0.2, 0.25) is 11.5 Å². The number of benzene rings is 1. The highest BCUT2D eigenvalue weighted by molar-refractivity contribution is 6.04. The van der Waals surface area contributed by atoms with E-state index >= 15 is 0 Å². The van der Waals surface area contributed by atoms with Crippen molar-refractivity contribution in [1.82, 2.24) is 0 Å². The van der Waals surface area contributed by atoms with Crippen molar-refractivity contribution in [1.29, 1.82) is 0 Å². The lowest BCUT2D eigenvalue weighted by Crippen LogP contribution is -2.38. The highest BCUT2D eigenvalue weighted by atomic mass is 19.3. The van der Waals surface area contributed by atoms with Gasteiger partial charge in [-0.2, -0.15) is 8.78 Å². The summed E-state index contributed by atoms with van der Waals surface area (Å²) >= 11 is 0. The quantitative estimate of drug-likeness (QED) is 0.761. The van der Waals surface area contributed by atoms with E-state index in [-0.39, 0.29) is 5.91 Å². The summed E-state index contributed by atoms with van der Waals surface area (Å²) in [6.45, 7) is 0. The Labute approximate surface area is 102 Å². The smallest absolute Gasteiger partial charge is 0.314 e. The zero-order valence-corrected chi connectivity index (χ0v) is 9.22. The third-order valence-corrected chi connectivity index (χ3v) is 3.98. The van der Waals surface area contributed by atoms with Gasteiger partial charge in [0.05, 0.1) is 6.26 Å². The van der Waals surface area contributed by atoms with Gasteiger partial charge in [0, 0.05) is 5.69 Å². The molecule has 1 amide bonds. The van der Waals surface area contributed by atoms with Crippen molar-refractivity contribution in [3.05, 3.63) is 42.7 Å². The molecule has 3 unspecified atom stereocenters. The number of ether oxygens (including phenoxy) is 1. The average Bonchev–Trinajstić information content (AvgIpc) is 2.75. The number of hydrogen-bond acceptors (Lipinski definition) is 2. The first-order valence-corrected chi connectivity index (χ1v) is 5.71. The van der Waals surface area contributed by atoms with Gasteiger partial charge in [0.1, 0.15) is 5.92 Å². The third kappa shape index (κ3) is 0.825. The van der Waals surface area contributed by atoms with Gasteiger partial charge in [-0.1, -0.05) is 18.2 Å². The van der Waals surface area contributed by atoms with Gasteiger partial charge in [-0.15, -0.1) is 0 Å². The molecule has 3 nitrogen and oxygen atoms in total. The monoisotopic (exact) mass is 249 g/mol. The number of nitrogens with zero attached hydrogens (tertiary/aromatic N) is 1. The van der Waals surface area contributed by atoms with Crippen LogP contribution in [0.15, 0.2) is 42.7 Å². The van der Waals surface area contributed by atoms with Gasteiger partial charge in [-0.3, -0.25) is 9.69 Å². The van der Waals surface area contributed by atoms with Crippen LogP contribution in [0.3, 0.4) is 0 Å². The van der Waals surface area contributed by atoms with Crippen LogP contribution in [0.5, 0.6) is 0 Å². The Bertz CT molecular complexity index is 572. The van der Waals surface area contributed by atoms with E-state index in [0.717, 1.165) is 0 Å². The number of halogens is 2. The number of hydrogen-bond donors (Lipinski definition) is 0. The predicted octanol–water partition coefficient (Wildman–Crippen LogP) is 1.95. The molecule has 3 aliphatic rings. The normalized spacial score (nSPS) is 38.3. The van der Waals surface area contributed by atoms with Crippen molar-refractivity contribution in [3.8, 4) is 0 Å². The van der Waals surface area contributed by atoms with E-state index in [1.165, 1.54) is 17.2 Å². The number of rotatable bonds is 1. The summed E-state index contributed by atoms with van der Waals surface area (Å²) in [5.74, 6) is -4.16. The minimum absolute atomic E-state index is 0.314. The molecule has 0 radical (unpaired) electrons. The second kappa shape index (κ2) is 2.74. The van der Waals surface area contributed by atoms with Gasteiger partial charge >= 0.3 is 5.92 Å². The maximum atomic E-state index is 13.9. The summed E-state index contributed by atoms with van der Waals surface area (Å²) in [6.07, 6.45) is 2.65. The van der Waals surface area contributed by atoms with Crippen LogP contribution < -0.4 is 4.90 Å². The molecular formula is C13H9F2NO2. The fraction of sp³-hybridized carbons (Fsp3) is 0.308. The molecule has 92 valence electrons. The van der Waals surface area contributed by atoms with Crippen LogP contribution >= 0.6 is 0 Å². The molecule has 0 aromatic heterocycles. The van der Waals surface area contributed by atoms with Crippen LogP contribution in [-0.2, 0) is 9.53 Å². The summed E-state index contributed by atoms with van der Waals surface area (Å²) in [7, 11) is 0. The molecule has 0 bridgehead atoms. The number of para-hydroxylation sites is 1. The number of amides is 1. The molecule has 1 aromatic carbocycles. The van der Waals surface area contributed by atoms with Gasteiger partial charge in [-0.25, -0.2) is 0 Å². The zero-order valence-electron chi connectivity index (χ0n) is 9.22. The Morgan fingerprint density at radius 1 is 1.22 bits per heavy atom. The Hall–Kier alpha value is -1.91. The van der Waals surface area contributed by atoms with E-state index in [1.807, 2.05) is 0 Å². The molecule has 1 saturated heterocycles. The molecule has 1 aromatic rings. The van der Waals surface area contributed by atoms with E-state index in [0.29, 0.717) is 5.69 Å². The minimum atomic E-state index is -2.98. The summed E-state index contributed by atoms with van der Waals surface area (Å²) < 4.78 is 33.0. The fourth-order valence-corrected chi connectivity index (χ4v) is 3.11. The van der Waals surface area contributed by atoms with Crippen LogP contribution in [0.4, 0.5) is 14.5 Å². The van der Waals surface area contributed by atoms with Crippen LogP contribution in [0.25, 0.3) is 0 Å². The first-order chi connectivity index (χ1) is 8.61. The summed E-state index contributed by atoms with van der Waals surface area (Å²) in [5, 5.41) is 0. The Morgan fingerprint density at radius 2 is 1.94 bits per heavy atom. The summed E-state index contributed by atoms with van der Waals surface area (Å²) in [5.41, 5.74) is -1.16. The highest BCUT2D eigenvalue weighted by Crippen LogP contribution is 2.69. The van der Waals surface area contributed by atoms with Crippen molar-refractivity contribution in [2.75, 3.05) is 4.90 Å². The van der Waals surface area contributed by atoms with Crippen molar-refractivity contribution >= 4 is 11.6 Å². The summed E-state index contributed by atoms with van der Waals surface area (Å²) in [6, 6.07) is 7.36. The molecule has 1 aliphatic carbocycles. The predicted molar refractivity (Wildman–Crippen MR) is 59.1 cm³/mol. The molecule has 2 fully saturated rings. The van der Waals surface area contributed by atoms with E-state index < -0.39 is 23.5 Å². The number of piperidine rings is 1. The van der Waals surface area contributed by atoms with E-state index in [9.17, 15) is 13.6 Å². The largest absolute Gasteiger partial charge is 0.485 e. The molecule has 1 saturated carbocycles. The van der Waals surface area contributed by atoms with Crippen molar-refractivity contribution in [2.45, 2.75) is 17.6 Å². The lowest BCUT2D eigenvalue weighted by Gasteiger charge is -2.21. The maximum absolute atomic E-state index is 13.9. The van der Waals surface area contributed by atoms with Crippen molar-refractivity contribution in [2.24, 2.45) is 5.92 Å². The molecular weight excluding hydrogens is 240 g/mol. The molecule has 2 heterocycles. The van der Waals surface area contributed by atoms with E-state index in [1.54, 1.807) is 30.3 Å². The van der Waals surface area contributed by atoms with Gasteiger partial charge in [0.25, 0.3) is 0 Å². The second-order valence-electron chi connectivity index (χ2n) is 4.79. The fourth-order valence-electron chi connectivity index (χ4n) is 3.11. The number of alkyl halides is 2. The molecule has 2 aliphatic heterocycles. The molecule has 5 heteroatoms. The summed E-state index contributed by atoms with van der Waals surface area (Å²) in [4.78, 5) is 13.3. The Morgan fingerprint density at radius 3 is 2.61 bits per heavy atom. The minimum Gasteiger partial charge on any atom is -0.485 e. The SMILES string of the molecule is O=C1C2C=COC23C(N1c1ccccc1)C3(F)F. The third-order valence-electron chi connectivity index (χ3n) is 3.98. The van der Waals surface area contributed by atoms with Crippen LogP contribution in [0, 0.1) is 5.92 Å². The number of carbonyl (C=O) groups is 1. The van der Waals surface area contributed by atoms with E-state index in [4.69, 9.17) is 4.74 Å². The molecule has 1 spiro atoms. The average molecular weight is 249 g/mol. The zero-order chi connectivity index (χ0) is 12.5. The van der Waals surface area contributed by atoms with Gasteiger partial charge in [0.15, 0.2) is 6.04 Å². The first-order valence-electron chi connectivity index (χ1n) is 5.71. The molecule has 0 N–H and O–H groups in total. The lowest BCUT2D eigenvalue weighted by atomic mass is 10.0. The first kappa shape index (κ1) is 10.1. The maximum Gasteiger partial charge on any atom is 0.314 e. The van der Waals surface area contributed by atoms with Crippen LogP contribution in [-0.4, -0.2) is 23.5 Å². The van der Waals surface area contributed by atoms with Crippen molar-refractivity contribution in [3.63, 3.8) is 0 Å². The number of anilines is 1. The van der Waals surface area contributed by atoms with Crippen LogP contribution in [0.2, 0.25) is 0 Å². The number of carbonyl (C=O) groups excluding carboxylic acids is 1. The van der Waals surface area contributed by atoms with E-state index in [2.05, 4.69) is 0 Å². The second-order valence-corrected chi connectivity index (χ2v) is 4.79. The molecule has 3 atom stereocenters. The van der Waals surface area contributed by atoms with Gasteiger partial charge in [-0.05, 0) is 18.2 Å². The van der Waals surface area contributed by atoms with Gasteiger partial charge < -0.3 is 4.74 Å². The highest BCUT2D eigenvalue weighted by Gasteiger charge is 2.94. The molecule has 4 rings (SSSR count). The Kier molecular flexibility index (Phi) is 1.53. The standard InChI is InChI=1S/C13H9F2NO2/c14-13(15)11-12(13)9(6-7-18-12)10(17)16(11)8-4-2-1-3-5-8/h1-7,9,11H.